The number of nitrogens with zero attached hydrogens (tertiary/aromatic N) is 1. The van der Waals surface area contributed by atoms with Crippen molar-refractivity contribution in [3.8, 4) is 0 Å². The number of hydrogen-bond donors (Lipinski definition) is 2. The summed E-state index contributed by atoms with van der Waals surface area (Å²) >= 11 is 0. The number of nitrogens with one attached hydrogen (secondary N) is 1. The van der Waals surface area contributed by atoms with Crippen LogP contribution in [0.4, 0.5) is 0 Å². The van der Waals surface area contributed by atoms with Gasteiger partial charge in [-0.3, -0.25) is 9.59 Å². The van der Waals surface area contributed by atoms with Gasteiger partial charge in [0.1, 0.15) is 0 Å². The summed E-state index contributed by atoms with van der Waals surface area (Å²) in [6.45, 7) is 2.79. The quantitative estimate of drug-likeness (QED) is 0.885. The lowest BCUT2D eigenvalue weighted by molar-refractivity contribution is -0.139. The number of benzene rings is 1. The summed E-state index contributed by atoms with van der Waals surface area (Å²) in [5.41, 5.74) is 3.25. The van der Waals surface area contributed by atoms with E-state index in [1.165, 1.54) is 5.56 Å². The maximum absolute atomic E-state index is 12.8. The lowest BCUT2D eigenvalue weighted by Gasteiger charge is -2.35. The van der Waals surface area contributed by atoms with E-state index in [0.717, 1.165) is 42.3 Å². The van der Waals surface area contributed by atoms with Crippen LogP contribution in [0.5, 0.6) is 0 Å². The third-order valence-corrected chi connectivity index (χ3v) is 4.90. The van der Waals surface area contributed by atoms with E-state index in [-0.39, 0.29) is 18.4 Å². The van der Waals surface area contributed by atoms with Gasteiger partial charge in [-0.1, -0.05) is 12.1 Å². The number of hydrogen-bond acceptors (Lipinski definition) is 2. The SMILES string of the molecule is Cc1ccc2c(CC(=O)N3CCCC[C@H]3CCC(=O)O)c[nH]c2c1. The Bertz CT molecular complexity index is 750. The van der Waals surface area contributed by atoms with E-state index in [4.69, 9.17) is 5.11 Å². The van der Waals surface area contributed by atoms with Crippen molar-refractivity contribution in [2.24, 2.45) is 0 Å². The van der Waals surface area contributed by atoms with Gasteiger partial charge in [-0.25, -0.2) is 0 Å². The van der Waals surface area contributed by atoms with Crippen LogP contribution >= 0.6 is 0 Å². The molecule has 0 aliphatic carbocycles. The Balaban J connectivity index is 1.73. The number of carboxylic acid groups (broad SMARTS) is 1. The second kappa shape index (κ2) is 7.07. The molecule has 1 aliphatic rings. The van der Waals surface area contributed by atoms with Gasteiger partial charge in [0.25, 0.3) is 0 Å². The van der Waals surface area contributed by atoms with Crippen LogP contribution in [0, 0.1) is 6.92 Å². The molecule has 3 rings (SSSR count). The fourth-order valence-electron chi connectivity index (χ4n) is 3.63. The zero-order valence-electron chi connectivity index (χ0n) is 14.0. The molecule has 2 heterocycles. The van der Waals surface area contributed by atoms with Crippen molar-refractivity contribution in [2.45, 2.75) is 51.5 Å². The van der Waals surface area contributed by atoms with Crippen LogP contribution in [0.2, 0.25) is 0 Å². The smallest absolute Gasteiger partial charge is 0.303 e. The first-order valence-electron chi connectivity index (χ1n) is 8.62. The maximum Gasteiger partial charge on any atom is 0.303 e. The predicted octanol–water partition coefficient (Wildman–Crippen LogP) is 3.26. The Morgan fingerprint density at radius 3 is 2.96 bits per heavy atom. The van der Waals surface area contributed by atoms with Crippen molar-refractivity contribution in [3.05, 3.63) is 35.5 Å². The van der Waals surface area contributed by atoms with Crippen LogP contribution in [0.1, 0.15) is 43.2 Å². The Labute approximate surface area is 141 Å². The van der Waals surface area contributed by atoms with E-state index >= 15 is 0 Å². The van der Waals surface area contributed by atoms with Gasteiger partial charge in [0.05, 0.1) is 6.42 Å². The van der Waals surface area contributed by atoms with Crippen molar-refractivity contribution in [1.29, 1.82) is 0 Å². The van der Waals surface area contributed by atoms with Gasteiger partial charge in [-0.15, -0.1) is 0 Å². The molecule has 0 unspecified atom stereocenters. The summed E-state index contributed by atoms with van der Waals surface area (Å²) in [4.78, 5) is 28.8. The van der Waals surface area contributed by atoms with Crippen molar-refractivity contribution in [3.63, 3.8) is 0 Å². The average Bonchev–Trinajstić information content (AvgIpc) is 2.95. The maximum atomic E-state index is 12.8. The summed E-state index contributed by atoms with van der Waals surface area (Å²) < 4.78 is 0. The number of aliphatic carboxylic acids is 1. The minimum absolute atomic E-state index is 0.0646. The van der Waals surface area contributed by atoms with Crippen molar-refractivity contribution in [1.82, 2.24) is 9.88 Å². The molecular weight excluding hydrogens is 304 g/mol. The number of H-pyrrole nitrogens is 1. The first-order valence-corrected chi connectivity index (χ1v) is 8.62. The summed E-state index contributed by atoms with van der Waals surface area (Å²) in [6.07, 6.45) is 5.94. The van der Waals surface area contributed by atoms with Crippen molar-refractivity contribution >= 4 is 22.8 Å². The van der Waals surface area contributed by atoms with Gasteiger partial charge >= 0.3 is 5.97 Å². The number of amides is 1. The van der Waals surface area contributed by atoms with E-state index in [9.17, 15) is 9.59 Å². The van der Waals surface area contributed by atoms with Crippen LogP contribution in [0.3, 0.4) is 0 Å². The zero-order valence-corrected chi connectivity index (χ0v) is 14.0. The highest BCUT2D eigenvalue weighted by Crippen LogP contribution is 2.24. The van der Waals surface area contributed by atoms with Gasteiger partial charge in [0.15, 0.2) is 0 Å². The first-order chi connectivity index (χ1) is 11.5. The number of piperidine rings is 1. The molecule has 5 nitrogen and oxygen atoms in total. The fraction of sp³-hybridized carbons (Fsp3) is 0.474. The van der Waals surface area contributed by atoms with Gasteiger partial charge < -0.3 is 15.0 Å². The minimum Gasteiger partial charge on any atom is -0.481 e. The standard InChI is InChI=1S/C19H24N2O3/c1-13-5-7-16-14(12-20-17(16)10-13)11-18(22)21-9-3-2-4-15(21)6-8-19(23)24/h5,7,10,12,15,20H,2-4,6,8-9,11H2,1H3,(H,23,24)/t15-/m0/s1. The minimum atomic E-state index is -0.792. The van der Waals surface area contributed by atoms with Crippen LogP contribution in [0.15, 0.2) is 24.4 Å². The summed E-state index contributed by atoms with van der Waals surface area (Å²) in [5, 5.41) is 10.0. The van der Waals surface area contributed by atoms with Crippen molar-refractivity contribution < 1.29 is 14.7 Å². The number of aromatic amines is 1. The molecule has 1 aromatic heterocycles. The third-order valence-electron chi connectivity index (χ3n) is 4.90. The molecule has 1 fully saturated rings. The van der Waals surface area contributed by atoms with Crippen LogP contribution in [-0.4, -0.2) is 39.5 Å². The zero-order chi connectivity index (χ0) is 17.1. The number of aryl methyl sites for hydroxylation is 1. The highest BCUT2D eigenvalue weighted by atomic mass is 16.4. The number of carbonyl (C=O) groups excluding carboxylic acids is 1. The lowest BCUT2D eigenvalue weighted by atomic mass is 9.97. The largest absolute Gasteiger partial charge is 0.481 e. The van der Waals surface area contributed by atoms with E-state index in [1.807, 2.05) is 18.0 Å². The average molecular weight is 328 g/mol. The predicted molar refractivity (Wildman–Crippen MR) is 93.0 cm³/mol. The Morgan fingerprint density at radius 2 is 2.17 bits per heavy atom. The molecule has 1 aliphatic heterocycles. The molecule has 1 amide bonds. The van der Waals surface area contributed by atoms with Crippen LogP contribution in [0.25, 0.3) is 10.9 Å². The van der Waals surface area contributed by atoms with E-state index < -0.39 is 5.97 Å². The van der Waals surface area contributed by atoms with E-state index in [0.29, 0.717) is 12.8 Å². The highest BCUT2D eigenvalue weighted by molar-refractivity contribution is 5.89. The second-order valence-corrected chi connectivity index (χ2v) is 6.71. The molecule has 2 N–H and O–H groups in total. The number of rotatable bonds is 5. The monoisotopic (exact) mass is 328 g/mol. The molecule has 24 heavy (non-hydrogen) atoms. The van der Waals surface area contributed by atoms with Crippen molar-refractivity contribution in [2.75, 3.05) is 6.54 Å². The summed E-state index contributed by atoms with van der Waals surface area (Å²) in [6, 6.07) is 6.26. The number of carboxylic acids is 1. The summed E-state index contributed by atoms with van der Waals surface area (Å²) in [7, 11) is 0. The highest BCUT2D eigenvalue weighted by Gasteiger charge is 2.27. The number of fused-ring (bicyclic) bond motifs is 1. The Morgan fingerprint density at radius 1 is 1.33 bits per heavy atom. The van der Waals surface area contributed by atoms with E-state index in [1.54, 1.807) is 0 Å². The van der Waals surface area contributed by atoms with Gasteiger partial charge in [0, 0.05) is 36.1 Å². The molecule has 128 valence electrons. The molecule has 0 spiro atoms. The molecular formula is C19H24N2O3. The molecule has 5 heteroatoms. The molecule has 0 radical (unpaired) electrons. The van der Waals surface area contributed by atoms with Crippen LogP contribution < -0.4 is 0 Å². The molecule has 0 saturated carbocycles. The van der Waals surface area contributed by atoms with Gasteiger partial charge in [-0.2, -0.15) is 0 Å². The fourth-order valence-corrected chi connectivity index (χ4v) is 3.63. The molecule has 0 bridgehead atoms. The normalized spacial score (nSPS) is 18.0. The number of aromatic nitrogens is 1. The topological polar surface area (TPSA) is 73.4 Å². The Hall–Kier alpha value is -2.30. The second-order valence-electron chi connectivity index (χ2n) is 6.71. The first kappa shape index (κ1) is 16.6. The number of carbonyl (C=O) groups is 2. The molecule has 2 aromatic rings. The van der Waals surface area contributed by atoms with Gasteiger partial charge in [0.2, 0.25) is 5.91 Å². The molecule has 1 saturated heterocycles. The summed E-state index contributed by atoms with van der Waals surface area (Å²) in [5.74, 6) is -0.688. The van der Waals surface area contributed by atoms with Crippen LogP contribution in [-0.2, 0) is 16.0 Å². The lowest BCUT2D eigenvalue weighted by Crippen LogP contribution is -2.44. The third kappa shape index (κ3) is 3.61. The molecule has 1 aromatic carbocycles. The molecule has 1 atom stereocenters. The van der Waals surface area contributed by atoms with Gasteiger partial charge in [-0.05, 0) is 49.8 Å². The Kier molecular flexibility index (Phi) is 4.88. The number of likely N-dealkylation sites (tertiary alicyclic amines) is 1. The van der Waals surface area contributed by atoms with E-state index in [2.05, 4.69) is 23.2 Å².